The molecule has 0 spiro atoms. The van der Waals surface area contributed by atoms with Gasteiger partial charge in [-0.2, -0.15) is 11.3 Å². The summed E-state index contributed by atoms with van der Waals surface area (Å²) in [5.41, 5.74) is 5.58. The molecule has 0 aliphatic carbocycles. The highest BCUT2D eigenvalue weighted by atomic mass is 32.1. The molecular formula is C7H7NO3S. The number of carbonyl (C=O) groups excluding carboxylic acids is 1. The van der Waals surface area contributed by atoms with Crippen molar-refractivity contribution in [1.82, 2.24) is 0 Å². The molecule has 1 heterocycles. The van der Waals surface area contributed by atoms with Crippen molar-refractivity contribution in [2.75, 3.05) is 0 Å². The normalized spacial score (nSPS) is 9.67. The lowest BCUT2D eigenvalue weighted by atomic mass is 10.1. The van der Waals surface area contributed by atoms with Gasteiger partial charge in [0, 0.05) is 5.38 Å². The number of rotatable bonds is 3. The summed E-state index contributed by atoms with van der Waals surface area (Å²) in [7, 11) is 0. The number of carbonyl (C=O) groups is 2. The van der Waals surface area contributed by atoms with E-state index in [9.17, 15) is 9.59 Å². The van der Waals surface area contributed by atoms with Crippen LogP contribution >= 0.6 is 11.3 Å². The summed E-state index contributed by atoms with van der Waals surface area (Å²) in [6.07, 6.45) is -0.00880. The predicted molar refractivity (Wildman–Crippen MR) is 44.2 cm³/mol. The van der Waals surface area contributed by atoms with E-state index in [4.69, 9.17) is 10.8 Å². The average molecular weight is 185 g/mol. The van der Waals surface area contributed by atoms with Crippen LogP contribution in [0.4, 0.5) is 0 Å². The molecular weight excluding hydrogens is 178 g/mol. The quantitative estimate of drug-likeness (QED) is 0.718. The highest BCUT2D eigenvalue weighted by molar-refractivity contribution is 7.08. The van der Waals surface area contributed by atoms with Gasteiger partial charge in [-0.25, -0.2) is 4.79 Å². The first-order valence-corrected chi connectivity index (χ1v) is 4.12. The molecule has 1 aromatic rings. The summed E-state index contributed by atoms with van der Waals surface area (Å²) < 4.78 is 0. The van der Waals surface area contributed by atoms with Gasteiger partial charge in [0.2, 0.25) is 5.91 Å². The van der Waals surface area contributed by atoms with Crippen molar-refractivity contribution in [1.29, 1.82) is 0 Å². The van der Waals surface area contributed by atoms with Crippen LogP contribution in [0.3, 0.4) is 0 Å². The lowest BCUT2D eigenvalue weighted by Crippen LogP contribution is -2.15. The SMILES string of the molecule is NC(=O)Cc1cscc1C(=O)O. The van der Waals surface area contributed by atoms with Gasteiger partial charge in [0.15, 0.2) is 0 Å². The zero-order valence-corrected chi connectivity index (χ0v) is 6.93. The van der Waals surface area contributed by atoms with Gasteiger partial charge in [0.25, 0.3) is 0 Å². The van der Waals surface area contributed by atoms with Crippen molar-refractivity contribution in [3.05, 3.63) is 21.9 Å². The smallest absolute Gasteiger partial charge is 0.336 e. The number of hydrogen-bond donors (Lipinski definition) is 2. The number of nitrogens with two attached hydrogens (primary N) is 1. The molecule has 0 aliphatic heterocycles. The first-order chi connectivity index (χ1) is 5.61. The van der Waals surface area contributed by atoms with Crippen LogP contribution in [-0.4, -0.2) is 17.0 Å². The Morgan fingerprint density at radius 2 is 2.17 bits per heavy atom. The molecule has 1 aromatic heterocycles. The van der Waals surface area contributed by atoms with Gasteiger partial charge in [-0.15, -0.1) is 0 Å². The zero-order valence-electron chi connectivity index (χ0n) is 6.11. The van der Waals surface area contributed by atoms with Crippen LogP contribution in [0.2, 0.25) is 0 Å². The molecule has 0 atom stereocenters. The van der Waals surface area contributed by atoms with E-state index >= 15 is 0 Å². The first kappa shape index (κ1) is 8.73. The van der Waals surface area contributed by atoms with E-state index in [0.29, 0.717) is 5.56 Å². The zero-order chi connectivity index (χ0) is 9.14. The molecule has 1 rings (SSSR count). The lowest BCUT2D eigenvalue weighted by Gasteiger charge is -1.94. The predicted octanol–water partition coefficient (Wildman–Crippen LogP) is 0.474. The van der Waals surface area contributed by atoms with Crippen molar-refractivity contribution in [3.8, 4) is 0 Å². The van der Waals surface area contributed by atoms with Crippen LogP contribution in [0.25, 0.3) is 0 Å². The Labute approximate surface area is 72.6 Å². The number of hydrogen-bond acceptors (Lipinski definition) is 3. The maximum absolute atomic E-state index is 10.5. The average Bonchev–Trinajstić information content (AvgIpc) is 2.33. The molecule has 0 bridgehead atoms. The second-order valence-corrected chi connectivity index (χ2v) is 3.00. The fourth-order valence-electron chi connectivity index (χ4n) is 0.836. The number of carboxylic acids is 1. The molecule has 1 amide bonds. The third-order valence-corrected chi connectivity index (χ3v) is 2.13. The third-order valence-electron chi connectivity index (χ3n) is 1.34. The molecule has 0 unspecified atom stereocenters. The second-order valence-electron chi connectivity index (χ2n) is 2.26. The van der Waals surface area contributed by atoms with Gasteiger partial charge in [0.1, 0.15) is 0 Å². The molecule has 5 heteroatoms. The van der Waals surface area contributed by atoms with Gasteiger partial charge in [-0.3, -0.25) is 4.79 Å². The Morgan fingerprint density at radius 3 is 2.67 bits per heavy atom. The van der Waals surface area contributed by atoms with E-state index in [-0.39, 0.29) is 12.0 Å². The molecule has 4 nitrogen and oxygen atoms in total. The van der Waals surface area contributed by atoms with E-state index in [1.165, 1.54) is 16.7 Å². The third kappa shape index (κ3) is 1.82. The molecule has 0 fully saturated rings. The fourth-order valence-corrected chi connectivity index (χ4v) is 1.67. The number of aromatic carboxylic acids is 1. The molecule has 0 radical (unpaired) electrons. The summed E-state index contributed by atoms with van der Waals surface area (Å²) in [5.74, 6) is -1.54. The van der Waals surface area contributed by atoms with Crippen LogP contribution in [-0.2, 0) is 11.2 Å². The first-order valence-electron chi connectivity index (χ1n) is 3.18. The van der Waals surface area contributed by atoms with Gasteiger partial charge >= 0.3 is 5.97 Å². The lowest BCUT2D eigenvalue weighted by molar-refractivity contribution is -0.117. The highest BCUT2D eigenvalue weighted by Crippen LogP contribution is 2.15. The molecule has 0 saturated heterocycles. The molecule has 64 valence electrons. The van der Waals surface area contributed by atoms with Crippen LogP contribution in [0.5, 0.6) is 0 Å². The minimum absolute atomic E-state index is 0.00880. The summed E-state index contributed by atoms with van der Waals surface area (Å²) >= 11 is 1.25. The molecule has 3 N–H and O–H groups in total. The maximum atomic E-state index is 10.5. The number of thiophene rings is 1. The van der Waals surface area contributed by atoms with Crippen molar-refractivity contribution >= 4 is 23.2 Å². The van der Waals surface area contributed by atoms with Gasteiger partial charge in [0.05, 0.1) is 12.0 Å². The molecule has 0 aliphatic rings. The molecule has 0 aromatic carbocycles. The summed E-state index contributed by atoms with van der Waals surface area (Å²) in [6.45, 7) is 0. The van der Waals surface area contributed by atoms with Gasteiger partial charge in [-0.05, 0) is 10.9 Å². The van der Waals surface area contributed by atoms with E-state index in [0.717, 1.165) is 0 Å². The fraction of sp³-hybridized carbons (Fsp3) is 0.143. The van der Waals surface area contributed by atoms with Gasteiger partial charge < -0.3 is 10.8 Å². The summed E-state index contributed by atoms with van der Waals surface area (Å²) in [5, 5.41) is 11.7. The Morgan fingerprint density at radius 1 is 1.50 bits per heavy atom. The maximum Gasteiger partial charge on any atom is 0.336 e. The van der Waals surface area contributed by atoms with Crippen molar-refractivity contribution in [3.63, 3.8) is 0 Å². The van der Waals surface area contributed by atoms with Gasteiger partial charge in [-0.1, -0.05) is 0 Å². The van der Waals surface area contributed by atoms with E-state index < -0.39 is 11.9 Å². The van der Waals surface area contributed by atoms with E-state index in [1.807, 2.05) is 0 Å². The molecule has 0 saturated carbocycles. The number of carboxylic acid groups (broad SMARTS) is 1. The minimum atomic E-state index is -1.02. The Bertz CT molecular complexity index is 318. The van der Waals surface area contributed by atoms with E-state index in [1.54, 1.807) is 5.38 Å². The van der Waals surface area contributed by atoms with Crippen LogP contribution < -0.4 is 5.73 Å². The number of amides is 1. The van der Waals surface area contributed by atoms with E-state index in [2.05, 4.69) is 0 Å². The second kappa shape index (κ2) is 3.36. The van der Waals surface area contributed by atoms with Crippen molar-refractivity contribution in [2.45, 2.75) is 6.42 Å². The topological polar surface area (TPSA) is 80.4 Å². The minimum Gasteiger partial charge on any atom is -0.478 e. The Balaban J connectivity index is 2.91. The number of primary amides is 1. The standard InChI is InChI=1S/C7H7NO3S/c8-6(9)1-4-2-12-3-5(4)7(10)11/h2-3H,1H2,(H2,8,9)(H,10,11). The van der Waals surface area contributed by atoms with Crippen molar-refractivity contribution in [2.24, 2.45) is 5.73 Å². The van der Waals surface area contributed by atoms with Crippen molar-refractivity contribution < 1.29 is 14.7 Å². The van der Waals surface area contributed by atoms with Crippen LogP contribution in [0.1, 0.15) is 15.9 Å². The Hall–Kier alpha value is -1.36. The largest absolute Gasteiger partial charge is 0.478 e. The summed E-state index contributed by atoms with van der Waals surface area (Å²) in [4.78, 5) is 21.0. The van der Waals surface area contributed by atoms with Crippen LogP contribution in [0, 0.1) is 0 Å². The monoisotopic (exact) mass is 185 g/mol. The Kier molecular flexibility index (Phi) is 2.44. The highest BCUT2D eigenvalue weighted by Gasteiger charge is 2.12. The summed E-state index contributed by atoms with van der Waals surface area (Å²) in [6, 6.07) is 0. The molecule has 12 heavy (non-hydrogen) atoms. The van der Waals surface area contributed by atoms with Crippen LogP contribution in [0.15, 0.2) is 10.8 Å².